The number of nitrogens with one attached hydrogen (secondary N) is 2. The van der Waals surface area contributed by atoms with Crippen molar-refractivity contribution in [2.24, 2.45) is 5.73 Å². The number of rotatable bonds is 2. The summed E-state index contributed by atoms with van der Waals surface area (Å²) in [5.74, 6) is 0.0876. The van der Waals surface area contributed by atoms with Crippen LogP contribution in [0.25, 0.3) is 0 Å². The SMILES string of the molecule is CC(N)C(=O)Nc1ccc2c(c1)NC(=O)CO2. The van der Waals surface area contributed by atoms with Crippen molar-refractivity contribution < 1.29 is 14.3 Å². The molecule has 0 fully saturated rings. The highest BCUT2D eigenvalue weighted by Gasteiger charge is 2.16. The number of benzene rings is 1. The van der Waals surface area contributed by atoms with E-state index in [2.05, 4.69) is 10.6 Å². The highest BCUT2D eigenvalue weighted by atomic mass is 16.5. The van der Waals surface area contributed by atoms with Crippen LogP contribution in [0.3, 0.4) is 0 Å². The van der Waals surface area contributed by atoms with Gasteiger partial charge < -0.3 is 21.1 Å². The van der Waals surface area contributed by atoms with Crippen molar-refractivity contribution in [3.63, 3.8) is 0 Å². The number of carbonyl (C=O) groups is 2. The molecular weight excluding hydrogens is 222 g/mol. The highest BCUT2D eigenvalue weighted by molar-refractivity contribution is 5.98. The highest BCUT2D eigenvalue weighted by Crippen LogP contribution is 2.30. The maximum atomic E-state index is 11.4. The van der Waals surface area contributed by atoms with Crippen molar-refractivity contribution in [3.05, 3.63) is 18.2 Å². The zero-order chi connectivity index (χ0) is 12.4. The molecular formula is C11H13N3O3. The van der Waals surface area contributed by atoms with Crippen LogP contribution in [0.1, 0.15) is 6.92 Å². The molecule has 1 aliphatic heterocycles. The molecule has 90 valence electrons. The summed E-state index contributed by atoms with van der Waals surface area (Å²) < 4.78 is 5.19. The maximum Gasteiger partial charge on any atom is 0.262 e. The second kappa shape index (κ2) is 4.42. The van der Waals surface area contributed by atoms with Crippen molar-refractivity contribution in [1.82, 2.24) is 0 Å². The van der Waals surface area contributed by atoms with Crippen molar-refractivity contribution in [1.29, 1.82) is 0 Å². The fourth-order valence-corrected chi connectivity index (χ4v) is 1.42. The molecule has 6 nitrogen and oxygen atoms in total. The number of amides is 2. The number of ether oxygens (including phenoxy) is 1. The van der Waals surface area contributed by atoms with Crippen molar-refractivity contribution >= 4 is 23.2 Å². The summed E-state index contributed by atoms with van der Waals surface area (Å²) >= 11 is 0. The minimum absolute atomic E-state index is 0.0124. The Kier molecular flexibility index (Phi) is 2.97. The molecule has 2 amide bonds. The van der Waals surface area contributed by atoms with Gasteiger partial charge in [0, 0.05) is 5.69 Å². The molecule has 0 radical (unpaired) electrons. The van der Waals surface area contributed by atoms with Gasteiger partial charge in [0.1, 0.15) is 5.75 Å². The average molecular weight is 235 g/mol. The molecule has 17 heavy (non-hydrogen) atoms. The van der Waals surface area contributed by atoms with Crippen LogP contribution >= 0.6 is 0 Å². The second-order valence-corrected chi connectivity index (χ2v) is 3.83. The topological polar surface area (TPSA) is 93.5 Å². The van der Waals surface area contributed by atoms with E-state index in [-0.39, 0.29) is 18.4 Å². The third kappa shape index (κ3) is 2.54. The predicted molar refractivity (Wildman–Crippen MR) is 62.8 cm³/mol. The van der Waals surface area contributed by atoms with Gasteiger partial charge in [0.05, 0.1) is 11.7 Å². The van der Waals surface area contributed by atoms with Gasteiger partial charge in [0.2, 0.25) is 5.91 Å². The van der Waals surface area contributed by atoms with Crippen LogP contribution in [0.2, 0.25) is 0 Å². The van der Waals surface area contributed by atoms with Gasteiger partial charge in [0.25, 0.3) is 5.91 Å². The minimum atomic E-state index is -0.586. The smallest absolute Gasteiger partial charge is 0.262 e. The normalized spacial score (nSPS) is 15.3. The first-order valence-corrected chi connectivity index (χ1v) is 5.19. The lowest BCUT2D eigenvalue weighted by Gasteiger charge is -2.18. The van der Waals surface area contributed by atoms with Crippen LogP contribution in [0.15, 0.2) is 18.2 Å². The summed E-state index contributed by atoms with van der Waals surface area (Å²) in [4.78, 5) is 22.5. The molecule has 2 rings (SSSR count). The van der Waals surface area contributed by atoms with Gasteiger partial charge in [0.15, 0.2) is 6.61 Å². The molecule has 1 heterocycles. The van der Waals surface area contributed by atoms with E-state index in [1.807, 2.05) is 0 Å². The molecule has 0 aromatic heterocycles. The van der Waals surface area contributed by atoms with E-state index in [1.54, 1.807) is 25.1 Å². The Morgan fingerprint density at radius 1 is 1.59 bits per heavy atom. The molecule has 4 N–H and O–H groups in total. The summed E-state index contributed by atoms with van der Waals surface area (Å²) in [6.45, 7) is 1.61. The third-order valence-corrected chi connectivity index (χ3v) is 2.29. The first-order valence-electron chi connectivity index (χ1n) is 5.19. The fourth-order valence-electron chi connectivity index (χ4n) is 1.42. The van der Waals surface area contributed by atoms with Crippen LogP contribution in [0, 0.1) is 0 Å². The summed E-state index contributed by atoms with van der Waals surface area (Å²) in [7, 11) is 0. The van der Waals surface area contributed by atoms with Gasteiger partial charge in [-0.25, -0.2) is 0 Å². The Morgan fingerprint density at radius 2 is 2.35 bits per heavy atom. The number of hydrogen-bond donors (Lipinski definition) is 3. The predicted octanol–water partition coefficient (Wildman–Crippen LogP) is 0.303. The zero-order valence-corrected chi connectivity index (χ0v) is 9.32. The molecule has 1 unspecified atom stereocenters. The van der Waals surface area contributed by atoms with E-state index < -0.39 is 6.04 Å². The Balaban J connectivity index is 2.18. The Hall–Kier alpha value is -2.08. The molecule has 0 spiro atoms. The average Bonchev–Trinajstić information content (AvgIpc) is 2.28. The van der Waals surface area contributed by atoms with E-state index in [9.17, 15) is 9.59 Å². The lowest BCUT2D eigenvalue weighted by molar-refractivity contribution is -0.118. The van der Waals surface area contributed by atoms with Crippen molar-refractivity contribution in [3.8, 4) is 5.75 Å². The van der Waals surface area contributed by atoms with Crippen LogP contribution in [0.5, 0.6) is 5.75 Å². The van der Waals surface area contributed by atoms with Gasteiger partial charge >= 0.3 is 0 Å². The van der Waals surface area contributed by atoms with E-state index in [0.29, 0.717) is 17.1 Å². The number of carbonyl (C=O) groups excluding carboxylic acids is 2. The summed E-state index contributed by atoms with van der Waals surface area (Å²) in [5.41, 5.74) is 6.55. The van der Waals surface area contributed by atoms with Gasteiger partial charge in [-0.3, -0.25) is 9.59 Å². The Bertz CT molecular complexity index is 471. The molecule has 0 aliphatic carbocycles. The summed E-state index contributed by atoms with van der Waals surface area (Å²) in [5, 5.41) is 5.29. The Labute approximate surface area is 98.1 Å². The van der Waals surface area contributed by atoms with Crippen molar-refractivity contribution in [2.45, 2.75) is 13.0 Å². The monoisotopic (exact) mass is 235 g/mol. The van der Waals surface area contributed by atoms with E-state index in [4.69, 9.17) is 10.5 Å². The van der Waals surface area contributed by atoms with Crippen LogP contribution in [-0.4, -0.2) is 24.5 Å². The van der Waals surface area contributed by atoms with Crippen LogP contribution in [0.4, 0.5) is 11.4 Å². The van der Waals surface area contributed by atoms with Crippen molar-refractivity contribution in [2.75, 3.05) is 17.2 Å². The molecule has 0 bridgehead atoms. The summed E-state index contributed by atoms with van der Waals surface area (Å²) in [6.07, 6.45) is 0. The molecule has 6 heteroatoms. The molecule has 0 saturated heterocycles. The van der Waals surface area contributed by atoms with Gasteiger partial charge in [-0.2, -0.15) is 0 Å². The molecule has 1 aromatic rings. The number of nitrogens with two attached hydrogens (primary N) is 1. The quantitative estimate of drug-likeness (QED) is 0.687. The van der Waals surface area contributed by atoms with E-state index in [1.165, 1.54) is 0 Å². The number of anilines is 2. The molecule has 1 aliphatic rings. The van der Waals surface area contributed by atoms with Gasteiger partial charge in [-0.1, -0.05) is 0 Å². The first-order chi connectivity index (χ1) is 8.06. The Morgan fingerprint density at radius 3 is 3.06 bits per heavy atom. The van der Waals surface area contributed by atoms with E-state index in [0.717, 1.165) is 0 Å². The molecule has 1 aromatic carbocycles. The van der Waals surface area contributed by atoms with Gasteiger partial charge in [-0.15, -0.1) is 0 Å². The second-order valence-electron chi connectivity index (χ2n) is 3.83. The van der Waals surface area contributed by atoms with Gasteiger partial charge in [-0.05, 0) is 25.1 Å². The lowest BCUT2D eigenvalue weighted by atomic mass is 10.2. The third-order valence-electron chi connectivity index (χ3n) is 2.29. The first kappa shape index (κ1) is 11.4. The van der Waals surface area contributed by atoms with Crippen LogP contribution < -0.4 is 21.1 Å². The lowest BCUT2D eigenvalue weighted by Crippen LogP contribution is -2.32. The zero-order valence-electron chi connectivity index (χ0n) is 9.32. The maximum absolute atomic E-state index is 11.4. The fraction of sp³-hybridized carbons (Fsp3) is 0.273. The largest absolute Gasteiger partial charge is 0.482 e. The number of fused-ring (bicyclic) bond motifs is 1. The molecule has 1 atom stereocenters. The standard InChI is InChI=1S/C11H13N3O3/c1-6(12)11(16)13-7-2-3-9-8(4-7)14-10(15)5-17-9/h2-4,6H,5,12H2,1H3,(H,13,16)(H,14,15). The summed E-state index contributed by atoms with van der Waals surface area (Å²) in [6, 6.07) is 4.42. The van der Waals surface area contributed by atoms with E-state index >= 15 is 0 Å². The molecule has 0 saturated carbocycles. The number of hydrogen-bond acceptors (Lipinski definition) is 4. The minimum Gasteiger partial charge on any atom is -0.482 e. The van der Waals surface area contributed by atoms with Crippen LogP contribution in [-0.2, 0) is 9.59 Å².